The van der Waals surface area contributed by atoms with Crippen LogP contribution in [0.5, 0.6) is 0 Å². The summed E-state index contributed by atoms with van der Waals surface area (Å²) in [6, 6.07) is 59.0. The Balaban J connectivity index is 1.51. The number of nitriles is 4. The van der Waals surface area contributed by atoms with Gasteiger partial charge in [-0.05, 0) is 80.2 Å². The third-order valence-electron chi connectivity index (χ3n) is 10.1. The van der Waals surface area contributed by atoms with E-state index in [-0.39, 0.29) is 0 Å². The Morgan fingerprint density at radius 2 is 0.792 bits per heavy atom. The molecule has 0 unspecified atom stereocenters. The largest absolute Gasteiger partial charge is 0.307 e. The first-order valence-corrected chi connectivity index (χ1v) is 17.1. The van der Waals surface area contributed by atoms with Crippen LogP contribution in [-0.2, 0) is 0 Å². The average molecular weight is 672 g/mol. The van der Waals surface area contributed by atoms with Crippen LogP contribution in [0, 0.1) is 45.3 Å². The Hall–Kier alpha value is -7.96. The molecule has 53 heavy (non-hydrogen) atoms. The summed E-state index contributed by atoms with van der Waals surface area (Å²) in [5, 5.41) is 48.3. The summed E-state index contributed by atoms with van der Waals surface area (Å²) in [4.78, 5) is 0. The van der Waals surface area contributed by atoms with Gasteiger partial charge in [-0.3, -0.25) is 0 Å². The molecule has 0 saturated carbocycles. The molecule has 0 aliphatic heterocycles. The van der Waals surface area contributed by atoms with Crippen LogP contribution in [0.3, 0.4) is 0 Å². The van der Waals surface area contributed by atoms with Crippen molar-refractivity contribution in [1.82, 2.24) is 4.57 Å². The summed E-state index contributed by atoms with van der Waals surface area (Å²) in [7, 11) is 0. The summed E-state index contributed by atoms with van der Waals surface area (Å²) >= 11 is 0. The van der Waals surface area contributed by atoms with Gasteiger partial charge in [0.15, 0.2) is 0 Å². The normalized spacial score (nSPS) is 10.9. The summed E-state index contributed by atoms with van der Waals surface area (Å²) in [6.07, 6.45) is 0. The van der Waals surface area contributed by atoms with Crippen molar-refractivity contribution in [3.63, 3.8) is 0 Å². The number of rotatable bonds is 4. The first-order chi connectivity index (χ1) is 26.1. The number of benzene rings is 8. The van der Waals surface area contributed by atoms with Gasteiger partial charge in [-0.25, -0.2) is 0 Å². The number of para-hydroxylation sites is 2. The van der Waals surface area contributed by atoms with E-state index >= 15 is 0 Å². The molecule has 242 valence electrons. The number of hydrogen-bond acceptors (Lipinski definition) is 4. The zero-order valence-electron chi connectivity index (χ0n) is 28.2. The molecule has 0 bridgehead atoms. The molecule has 9 rings (SSSR count). The lowest BCUT2D eigenvalue weighted by Gasteiger charge is -2.23. The topological polar surface area (TPSA) is 100 Å². The van der Waals surface area contributed by atoms with Gasteiger partial charge >= 0.3 is 0 Å². The molecule has 1 heterocycles. The van der Waals surface area contributed by atoms with E-state index in [1.165, 1.54) is 0 Å². The minimum Gasteiger partial charge on any atom is -0.307 e. The van der Waals surface area contributed by atoms with Gasteiger partial charge in [-0.1, -0.05) is 115 Å². The van der Waals surface area contributed by atoms with Crippen molar-refractivity contribution in [2.75, 3.05) is 0 Å². The van der Waals surface area contributed by atoms with Crippen molar-refractivity contribution in [1.29, 1.82) is 21.0 Å². The molecule has 0 radical (unpaired) electrons. The maximum atomic E-state index is 10.9. The quantitative estimate of drug-likeness (QED) is 0.174. The Labute approximate surface area is 305 Å². The van der Waals surface area contributed by atoms with Gasteiger partial charge in [0.25, 0.3) is 0 Å². The molecule has 0 N–H and O–H groups in total. The van der Waals surface area contributed by atoms with Gasteiger partial charge in [0, 0.05) is 21.9 Å². The van der Waals surface area contributed by atoms with Gasteiger partial charge < -0.3 is 4.57 Å². The fraction of sp³-hybridized carbons (Fsp3) is 0. The van der Waals surface area contributed by atoms with Gasteiger partial charge in [0.1, 0.15) is 6.07 Å². The van der Waals surface area contributed by atoms with Gasteiger partial charge in [-0.2, -0.15) is 21.0 Å². The summed E-state index contributed by atoms with van der Waals surface area (Å²) in [5.74, 6) is 0. The van der Waals surface area contributed by atoms with Crippen LogP contribution >= 0.6 is 0 Å². The summed E-state index contributed by atoms with van der Waals surface area (Å²) in [5.41, 5.74) is 8.30. The van der Waals surface area contributed by atoms with Crippen molar-refractivity contribution in [2.24, 2.45) is 0 Å². The predicted molar refractivity (Wildman–Crippen MR) is 211 cm³/mol. The molecule has 0 aliphatic carbocycles. The molecule has 0 atom stereocenters. The second-order valence-electron chi connectivity index (χ2n) is 12.9. The van der Waals surface area contributed by atoms with Crippen LogP contribution in [-0.4, -0.2) is 4.57 Å². The third-order valence-corrected chi connectivity index (χ3v) is 10.1. The molecule has 8 aromatic carbocycles. The number of hydrogen-bond donors (Lipinski definition) is 0. The zero-order valence-corrected chi connectivity index (χ0v) is 28.2. The molecule has 0 spiro atoms. The molecular weight excluding hydrogens is 647 g/mol. The lowest BCUT2D eigenvalue weighted by atomic mass is 9.81. The first kappa shape index (κ1) is 31.1. The SMILES string of the molecule is N#Cc1cc(C#N)c(-c2c3ccccc3c(-c3ccccc3)c3ccccc23)c(-c2cc(C#N)cc(C#N)c2-n2c3ccccc3c3ccccc32)c1. The monoisotopic (exact) mass is 671 g/mol. The Morgan fingerprint density at radius 3 is 1.30 bits per heavy atom. The van der Waals surface area contributed by atoms with Crippen LogP contribution in [0.15, 0.2) is 152 Å². The second kappa shape index (κ2) is 12.4. The lowest BCUT2D eigenvalue weighted by molar-refractivity contribution is 1.17. The van der Waals surface area contributed by atoms with Crippen molar-refractivity contribution < 1.29 is 0 Å². The third kappa shape index (κ3) is 4.75. The number of aromatic nitrogens is 1. The highest BCUT2D eigenvalue weighted by Crippen LogP contribution is 2.49. The Kier molecular flexibility index (Phi) is 7.28. The fourth-order valence-electron chi connectivity index (χ4n) is 7.98. The molecule has 0 amide bonds. The van der Waals surface area contributed by atoms with Gasteiger partial charge in [0.2, 0.25) is 0 Å². The second-order valence-corrected chi connectivity index (χ2v) is 12.9. The van der Waals surface area contributed by atoms with E-state index in [1.807, 2.05) is 78.9 Å². The highest BCUT2D eigenvalue weighted by Gasteiger charge is 2.26. The fourth-order valence-corrected chi connectivity index (χ4v) is 7.98. The molecule has 0 saturated heterocycles. The van der Waals surface area contributed by atoms with Crippen LogP contribution in [0.1, 0.15) is 22.3 Å². The van der Waals surface area contributed by atoms with Crippen LogP contribution < -0.4 is 0 Å². The van der Waals surface area contributed by atoms with Gasteiger partial charge in [0.05, 0.1) is 57.2 Å². The standard InChI is InChI=1S/C48H25N5/c49-26-30-22-33(28-51)46(47-39-18-6-4-16-37(39)45(32-12-2-1-3-13-32)38-17-5-7-19-40(38)47)41(24-30)42-25-31(27-50)23-34(29-52)48(42)53-43-20-10-8-14-35(43)36-15-9-11-21-44(36)53/h1-25H. The molecule has 1 aromatic heterocycles. The van der Waals surface area contributed by atoms with E-state index in [0.29, 0.717) is 44.6 Å². The van der Waals surface area contributed by atoms with Crippen LogP contribution in [0.2, 0.25) is 0 Å². The highest BCUT2D eigenvalue weighted by atomic mass is 15.0. The summed E-state index contributed by atoms with van der Waals surface area (Å²) < 4.78 is 2.07. The zero-order chi connectivity index (χ0) is 36.1. The van der Waals surface area contributed by atoms with Crippen molar-refractivity contribution in [3.05, 3.63) is 174 Å². The molecule has 0 fully saturated rings. The molecule has 9 aromatic rings. The minimum absolute atomic E-state index is 0.294. The van der Waals surface area contributed by atoms with E-state index in [2.05, 4.69) is 77.4 Å². The van der Waals surface area contributed by atoms with Gasteiger partial charge in [-0.15, -0.1) is 0 Å². The first-order valence-electron chi connectivity index (χ1n) is 17.1. The molecule has 5 nitrogen and oxygen atoms in total. The van der Waals surface area contributed by atoms with E-state index in [4.69, 9.17) is 0 Å². The van der Waals surface area contributed by atoms with E-state index in [0.717, 1.165) is 60.0 Å². The molecular formula is C48H25N5. The maximum absolute atomic E-state index is 10.9. The average Bonchev–Trinajstić information content (AvgIpc) is 3.56. The Bertz CT molecular complexity index is 3050. The lowest BCUT2D eigenvalue weighted by Crippen LogP contribution is -2.04. The van der Waals surface area contributed by atoms with Crippen molar-refractivity contribution >= 4 is 43.4 Å². The highest BCUT2D eigenvalue weighted by molar-refractivity contribution is 6.23. The summed E-state index contributed by atoms with van der Waals surface area (Å²) in [6.45, 7) is 0. The minimum atomic E-state index is 0.294. The number of nitrogens with zero attached hydrogens (tertiary/aromatic N) is 5. The van der Waals surface area contributed by atoms with Crippen molar-refractivity contribution in [3.8, 4) is 63.3 Å². The van der Waals surface area contributed by atoms with Crippen LogP contribution in [0.4, 0.5) is 0 Å². The maximum Gasteiger partial charge on any atom is 0.101 e. The molecule has 5 heteroatoms. The smallest absolute Gasteiger partial charge is 0.101 e. The van der Waals surface area contributed by atoms with Crippen LogP contribution in [0.25, 0.3) is 82.4 Å². The predicted octanol–water partition coefficient (Wildman–Crippen LogP) is 11.6. The van der Waals surface area contributed by atoms with E-state index in [9.17, 15) is 21.0 Å². The Morgan fingerprint density at radius 1 is 0.358 bits per heavy atom. The molecule has 0 aliphatic rings. The number of fused-ring (bicyclic) bond motifs is 5. The van der Waals surface area contributed by atoms with E-state index < -0.39 is 0 Å². The van der Waals surface area contributed by atoms with Crippen molar-refractivity contribution in [2.45, 2.75) is 0 Å². The van der Waals surface area contributed by atoms with E-state index in [1.54, 1.807) is 24.3 Å².